The Morgan fingerprint density at radius 1 is 1.26 bits per heavy atom. The van der Waals surface area contributed by atoms with E-state index in [0.29, 0.717) is 55.0 Å². The van der Waals surface area contributed by atoms with Crippen molar-refractivity contribution in [1.82, 2.24) is 30.1 Å². The van der Waals surface area contributed by atoms with Crippen LogP contribution in [0, 0.1) is 17.8 Å². The molecule has 0 aromatic carbocycles. The molecule has 2 amide bonds. The molecule has 10 nitrogen and oxygen atoms in total. The number of nitrogens with zero attached hydrogens (tertiary/aromatic N) is 5. The summed E-state index contributed by atoms with van der Waals surface area (Å²) in [6, 6.07) is 2.68. The average Bonchev–Trinajstić information content (AvgIpc) is 3.70. The van der Waals surface area contributed by atoms with E-state index in [4.69, 9.17) is 0 Å². The van der Waals surface area contributed by atoms with Gasteiger partial charge < -0.3 is 25.8 Å². The third-order valence-corrected chi connectivity index (χ3v) is 5.73. The van der Waals surface area contributed by atoms with Crippen LogP contribution >= 0.6 is 0 Å². The predicted molar refractivity (Wildman–Crippen MR) is 145 cm³/mol. The van der Waals surface area contributed by atoms with Crippen LogP contribution in [-0.2, 0) is 9.59 Å². The van der Waals surface area contributed by atoms with Crippen LogP contribution in [-0.4, -0.2) is 82.9 Å². The van der Waals surface area contributed by atoms with E-state index in [-0.39, 0.29) is 11.8 Å². The first-order valence-electron chi connectivity index (χ1n) is 12.6. The van der Waals surface area contributed by atoms with Gasteiger partial charge in [0.2, 0.25) is 23.7 Å². The van der Waals surface area contributed by atoms with E-state index >= 15 is 0 Å². The maximum atomic E-state index is 13.4. The standard InChI is InChI=1S/C27H35FN8O2/c1-19(36(4)24(37)10-8-16-35(2)3)26(38)30-14-7-5-6-9-20-18-31-27(34-25(20)32-21-11-12-21)33-22-13-15-29-23(28)17-22/h8,10,13,15,17-19,21H,5,7,11-12,14,16H2,1-4H3,(H,30,38)(H2,29,31,32,33,34)/b10-8+/t19-/m0/s1. The number of hydrogen-bond donors (Lipinski definition) is 3. The third kappa shape index (κ3) is 9.44. The van der Waals surface area contributed by atoms with Crippen molar-refractivity contribution in [1.29, 1.82) is 0 Å². The molecule has 0 radical (unpaired) electrons. The molecule has 3 rings (SSSR count). The lowest BCUT2D eigenvalue weighted by atomic mass is 10.2. The fraction of sp³-hybridized carbons (Fsp3) is 0.444. The summed E-state index contributed by atoms with van der Waals surface area (Å²) < 4.78 is 13.4. The van der Waals surface area contributed by atoms with Gasteiger partial charge in [0.15, 0.2) is 0 Å². The number of carbonyl (C=O) groups excluding carboxylic acids is 2. The van der Waals surface area contributed by atoms with Crippen molar-refractivity contribution in [2.24, 2.45) is 0 Å². The molecule has 0 saturated heterocycles. The van der Waals surface area contributed by atoms with Crippen molar-refractivity contribution >= 4 is 29.3 Å². The Morgan fingerprint density at radius 3 is 2.76 bits per heavy atom. The molecule has 1 aliphatic rings. The smallest absolute Gasteiger partial charge is 0.246 e. The summed E-state index contributed by atoms with van der Waals surface area (Å²) in [5.74, 6) is 6.16. The molecular formula is C27H35FN8O2. The first-order valence-corrected chi connectivity index (χ1v) is 12.6. The molecule has 1 saturated carbocycles. The number of aromatic nitrogens is 3. The summed E-state index contributed by atoms with van der Waals surface area (Å²) in [5.41, 5.74) is 1.17. The molecule has 2 aromatic rings. The van der Waals surface area contributed by atoms with E-state index in [0.717, 1.165) is 12.8 Å². The zero-order chi connectivity index (χ0) is 27.5. The normalized spacial score (nSPS) is 13.5. The molecular weight excluding hydrogens is 487 g/mol. The second kappa shape index (κ2) is 14.0. The van der Waals surface area contributed by atoms with E-state index in [9.17, 15) is 14.0 Å². The van der Waals surface area contributed by atoms with Crippen LogP contribution < -0.4 is 16.0 Å². The SMILES string of the molecule is C[C@@H](C(=O)NCCCC#Cc1cnc(Nc2ccnc(F)c2)nc1NC1CC1)N(C)C(=O)/C=C/CN(C)C. The number of anilines is 3. The van der Waals surface area contributed by atoms with Gasteiger partial charge in [0.05, 0.1) is 11.8 Å². The van der Waals surface area contributed by atoms with Crippen LogP contribution in [0.5, 0.6) is 0 Å². The van der Waals surface area contributed by atoms with Crippen molar-refractivity contribution in [3.05, 3.63) is 48.2 Å². The molecule has 2 aromatic heterocycles. The fourth-order valence-electron chi connectivity index (χ4n) is 3.22. The summed E-state index contributed by atoms with van der Waals surface area (Å²) in [5, 5.41) is 9.20. The first-order chi connectivity index (χ1) is 18.2. The van der Waals surface area contributed by atoms with Crippen molar-refractivity contribution < 1.29 is 14.0 Å². The second-order valence-electron chi connectivity index (χ2n) is 9.35. The number of nitrogens with one attached hydrogen (secondary N) is 3. The van der Waals surface area contributed by atoms with Gasteiger partial charge in [0.1, 0.15) is 11.9 Å². The number of carbonyl (C=O) groups is 2. The van der Waals surface area contributed by atoms with Crippen LogP contribution in [0.4, 0.5) is 21.8 Å². The lowest BCUT2D eigenvalue weighted by molar-refractivity contribution is -0.135. The molecule has 1 atom stereocenters. The molecule has 1 aliphatic carbocycles. The van der Waals surface area contributed by atoms with E-state index in [1.807, 2.05) is 19.0 Å². The minimum atomic E-state index is -0.590. The third-order valence-electron chi connectivity index (χ3n) is 5.73. The van der Waals surface area contributed by atoms with Crippen LogP contribution in [0.3, 0.4) is 0 Å². The molecule has 2 heterocycles. The van der Waals surface area contributed by atoms with Gasteiger partial charge in [-0.2, -0.15) is 9.37 Å². The monoisotopic (exact) mass is 522 g/mol. The van der Waals surface area contributed by atoms with Crippen molar-refractivity contribution in [2.75, 3.05) is 44.9 Å². The summed E-state index contributed by atoms with van der Waals surface area (Å²) in [7, 11) is 5.45. The summed E-state index contributed by atoms with van der Waals surface area (Å²) in [4.78, 5) is 40.4. The molecule has 202 valence electrons. The van der Waals surface area contributed by atoms with E-state index < -0.39 is 12.0 Å². The number of hydrogen-bond acceptors (Lipinski definition) is 8. The predicted octanol–water partition coefficient (Wildman–Crippen LogP) is 2.54. The largest absolute Gasteiger partial charge is 0.366 e. The topological polar surface area (TPSA) is 115 Å². The van der Waals surface area contributed by atoms with Crippen molar-refractivity contribution in [2.45, 2.75) is 44.7 Å². The van der Waals surface area contributed by atoms with Gasteiger partial charge in [-0.1, -0.05) is 17.9 Å². The van der Waals surface area contributed by atoms with Gasteiger partial charge in [-0.05, 0) is 46.3 Å². The summed E-state index contributed by atoms with van der Waals surface area (Å²) in [6.07, 6.45) is 9.62. The van der Waals surface area contributed by atoms with Crippen molar-refractivity contribution in [3.8, 4) is 11.8 Å². The van der Waals surface area contributed by atoms with Gasteiger partial charge in [0.25, 0.3) is 0 Å². The van der Waals surface area contributed by atoms with Gasteiger partial charge in [-0.25, -0.2) is 9.97 Å². The molecule has 0 spiro atoms. The Balaban J connectivity index is 1.48. The van der Waals surface area contributed by atoms with Crippen LogP contribution in [0.15, 0.2) is 36.7 Å². The molecule has 0 unspecified atom stereocenters. The lowest BCUT2D eigenvalue weighted by Gasteiger charge is -2.23. The number of rotatable bonds is 12. The molecule has 0 bridgehead atoms. The lowest BCUT2D eigenvalue weighted by Crippen LogP contribution is -2.45. The maximum absolute atomic E-state index is 13.4. The van der Waals surface area contributed by atoms with Crippen LogP contribution in [0.1, 0.15) is 38.2 Å². The minimum absolute atomic E-state index is 0.212. The molecule has 3 N–H and O–H groups in total. The summed E-state index contributed by atoms with van der Waals surface area (Å²) >= 11 is 0. The zero-order valence-electron chi connectivity index (χ0n) is 22.3. The first kappa shape index (κ1) is 28.5. The average molecular weight is 523 g/mol. The van der Waals surface area contributed by atoms with E-state index in [1.54, 1.807) is 32.3 Å². The van der Waals surface area contributed by atoms with Crippen molar-refractivity contribution in [3.63, 3.8) is 0 Å². The number of halogens is 1. The second-order valence-corrected chi connectivity index (χ2v) is 9.35. The molecule has 0 aliphatic heterocycles. The van der Waals surface area contributed by atoms with E-state index in [2.05, 4.69) is 42.7 Å². The molecule has 11 heteroatoms. The highest BCUT2D eigenvalue weighted by Gasteiger charge is 2.23. The maximum Gasteiger partial charge on any atom is 0.246 e. The summed E-state index contributed by atoms with van der Waals surface area (Å²) in [6.45, 7) is 2.80. The Kier molecular flexibility index (Phi) is 10.5. The highest BCUT2D eigenvalue weighted by Crippen LogP contribution is 2.26. The van der Waals surface area contributed by atoms with Gasteiger partial charge in [-0.15, -0.1) is 0 Å². The number of pyridine rings is 1. The van der Waals surface area contributed by atoms with Crippen LogP contribution in [0.2, 0.25) is 0 Å². The Labute approximate surface area is 223 Å². The number of likely N-dealkylation sites (N-methyl/N-ethyl adjacent to an activating group) is 2. The van der Waals surface area contributed by atoms with Gasteiger partial charge in [0, 0.05) is 56.6 Å². The molecule has 38 heavy (non-hydrogen) atoms. The number of unbranched alkanes of at least 4 members (excludes halogenated alkanes) is 1. The van der Waals surface area contributed by atoms with E-state index in [1.165, 1.54) is 23.2 Å². The minimum Gasteiger partial charge on any atom is -0.366 e. The van der Waals surface area contributed by atoms with Crippen LogP contribution in [0.25, 0.3) is 0 Å². The zero-order valence-corrected chi connectivity index (χ0v) is 22.3. The fourth-order valence-corrected chi connectivity index (χ4v) is 3.22. The quantitative estimate of drug-likeness (QED) is 0.169. The van der Waals surface area contributed by atoms with Gasteiger partial charge >= 0.3 is 0 Å². The highest BCUT2D eigenvalue weighted by molar-refractivity contribution is 5.92. The Hall–Kier alpha value is -4.04. The number of amides is 2. The Bertz CT molecular complexity index is 1200. The molecule has 1 fully saturated rings. The van der Waals surface area contributed by atoms with Gasteiger partial charge in [-0.3, -0.25) is 9.59 Å². The highest BCUT2D eigenvalue weighted by atomic mass is 19.1. The Morgan fingerprint density at radius 2 is 2.05 bits per heavy atom.